The fourth-order valence-corrected chi connectivity index (χ4v) is 3.03. The van der Waals surface area contributed by atoms with Crippen LogP contribution in [0.25, 0.3) is 0 Å². The maximum absolute atomic E-state index is 12.7. The van der Waals surface area contributed by atoms with Gasteiger partial charge in [-0.05, 0) is 36.8 Å². The zero-order valence-electron chi connectivity index (χ0n) is 14.8. The van der Waals surface area contributed by atoms with Crippen LogP contribution in [0.15, 0.2) is 76.6 Å². The second-order valence-electron chi connectivity index (χ2n) is 6.05. The van der Waals surface area contributed by atoms with Crippen LogP contribution < -0.4 is 10.9 Å². The normalized spacial score (nSPS) is 11.8. The van der Waals surface area contributed by atoms with E-state index in [1.165, 1.54) is 4.74 Å². The summed E-state index contributed by atoms with van der Waals surface area (Å²) in [6.07, 6.45) is 1.64. The van der Waals surface area contributed by atoms with Crippen LogP contribution in [0.3, 0.4) is 0 Å². The van der Waals surface area contributed by atoms with Gasteiger partial charge in [-0.1, -0.05) is 48.0 Å². The van der Waals surface area contributed by atoms with E-state index in [1.54, 1.807) is 61.5 Å². The zero-order chi connectivity index (χ0) is 19.4. The Hall–Kier alpha value is -3.05. The molecule has 0 aliphatic rings. The van der Waals surface area contributed by atoms with Crippen LogP contribution in [0, 0.1) is 6.92 Å². The third-order valence-electron chi connectivity index (χ3n) is 4.28. The predicted octanol–water partition coefficient (Wildman–Crippen LogP) is 4.11. The van der Waals surface area contributed by atoms with Crippen molar-refractivity contribution in [2.24, 2.45) is 0 Å². The van der Waals surface area contributed by atoms with Gasteiger partial charge < -0.3 is 9.84 Å². The molecule has 0 aliphatic carbocycles. The molecule has 0 saturated carbocycles. The van der Waals surface area contributed by atoms with E-state index in [-0.39, 0.29) is 5.91 Å². The van der Waals surface area contributed by atoms with Crippen molar-refractivity contribution in [2.45, 2.75) is 19.5 Å². The molecule has 6 heteroatoms. The van der Waals surface area contributed by atoms with Gasteiger partial charge in [-0.25, -0.2) is 9.53 Å². The van der Waals surface area contributed by atoms with Crippen LogP contribution in [0.1, 0.15) is 33.2 Å². The van der Waals surface area contributed by atoms with Gasteiger partial charge in [0.2, 0.25) is 0 Å². The lowest BCUT2D eigenvalue weighted by Gasteiger charge is -2.18. The summed E-state index contributed by atoms with van der Waals surface area (Å²) >= 11 is 5.99. The molecule has 0 unspecified atom stereocenters. The summed E-state index contributed by atoms with van der Waals surface area (Å²) in [4.78, 5) is 25.3. The van der Waals surface area contributed by atoms with Gasteiger partial charge in [0.25, 0.3) is 5.91 Å². The highest BCUT2D eigenvalue weighted by Crippen LogP contribution is 2.25. The smallest absolute Gasteiger partial charge is 0.341 e. The Kier molecular flexibility index (Phi) is 5.62. The van der Waals surface area contributed by atoms with Crippen LogP contribution in [0.2, 0.25) is 5.02 Å². The lowest BCUT2D eigenvalue weighted by atomic mass is 9.98. The zero-order valence-corrected chi connectivity index (χ0v) is 15.6. The molecule has 1 amide bonds. The summed E-state index contributed by atoms with van der Waals surface area (Å²) in [5, 5.41) is 3.51. The Labute approximate surface area is 161 Å². The molecule has 5 nitrogen and oxygen atoms in total. The molecule has 27 heavy (non-hydrogen) atoms. The maximum Gasteiger partial charge on any atom is 0.363 e. The molecule has 0 radical (unpaired) electrons. The van der Waals surface area contributed by atoms with Crippen LogP contribution in [-0.2, 0) is 6.54 Å². The van der Waals surface area contributed by atoms with Crippen molar-refractivity contribution in [1.82, 2.24) is 10.1 Å². The summed E-state index contributed by atoms with van der Waals surface area (Å²) in [6.45, 7) is 5.81. The topological polar surface area (TPSA) is 64.2 Å². The van der Waals surface area contributed by atoms with E-state index in [0.717, 1.165) is 5.56 Å². The number of allylic oxidation sites excluding steroid dienone is 1. The summed E-state index contributed by atoms with van der Waals surface area (Å²) in [6, 6.07) is 15.2. The molecule has 1 heterocycles. The fourth-order valence-electron chi connectivity index (χ4n) is 2.90. The molecule has 1 aromatic heterocycles. The van der Waals surface area contributed by atoms with Gasteiger partial charge in [0.15, 0.2) is 0 Å². The van der Waals surface area contributed by atoms with Crippen molar-refractivity contribution in [3.05, 3.63) is 105 Å². The SMILES string of the molecule is C=CCn1oc(=O)c([C@H](NC(=O)c2ccccc2)c2ccc(Cl)cc2)c1C. The number of nitrogens with one attached hydrogen (secondary N) is 1. The number of hydrogen-bond acceptors (Lipinski definition) is 3. The summed E-state index contributed by atoms with van der Waals surface area (Å²) < 4.78 is 6.77. The highest BCUT2D eigenvalue weighted by atomic mass is 35.5. The van der Waals surface area contributed by atoms with Crippen molar-refractivity contribution in [3.63, 3.8) is 0 Å². The first-order valence-corrected chi connectivity index (χ1v) is 8.82. The van der Waals surface area contributed by atoms with Gasteiger partial charge in [-0.3, -0.25) is 4.79 Å². The van der Waals surface area contributed by atoms with Gasteiger partial charge in [-0.2, -0.15) is 0 Å². The second kappa shape index (κ2) is 8.10. The van der Waals surface area contributed by atoms with E-state index in [9.17, 15) is 9.59 Å². The predicted molar refractivity (Wildman–Crippen MR) is 105 cm³/mol. The molecule has 3 rings (SSSR count). The van der Waals surface area contributed by atoms with E-state index in [4.69, 9.17) is 16.1 Å². The van der Waals surface area contributed by atoms with Crippen molar-refractivity contribution >= 4 is 17.5 Å². The van der Waals surface area contributed by atoms with Gasteiger partial charge in [-0.15, -0.1) is 6.58 Å². The van der Waals surface area contributed by atoms with E-state index >= 15 is 0 Å². The Morgan fingerprint density at radius 1 is 1.22 bits per heavy atom. The summed E-state index contributed by atoms with van der Waals surface area (Å²) in [7, 11) is 0. The van der Waals surface area contributed by atoms with Gasteiger partial charge in [0, 0.05) is 10.6 Å². The molecule has 3 aromatic rings. The Bertz CT molecular complexity index is 1000. The van der Waals surface area contributed by atoms with Crippen molar-refractivity contribution in [3.8, 4) is 0 Å². The van der Waals surface area contributed by atoms with Crippen LogP contribution in [0.5, 0.6) is 0 Å². The van der Waals surface area contributed by atoms with Crippen molar-refractivity contribution in [1.29, 1.82) is 0 Å². The maximum atomic E-state index is 12.7. The summed E-state index contributed by atoms with van der Waals surface area (Å²) in [5.41, 5.74) is 1.75. The van der Waals surface area contributed by atoms with Crippen LogP contribution in [-0.4, -0.2) is 10.6 Å². The largest absolute Gasteiger partial charge is 0.363 e. The highest BCUT2D eigenvalue weighted by Gasteiger charge is 2.26. The number of hydrogen-bond donors (Lipinski definition) is 1. The highest BCUT2D eigenvalue weighted by molar-refractivity contribution is 6.30. The molecular formula is C21H19ClN2O3. The number of aromatic nitrogens is 1. The fraction of sp³-hybridized carbons (Fsp3) is 0.143. The molecule has 0 spiro atoms. The van der Waals surface area contributed by atoms with E-state index in [0.29, 0.717) is 28.4 Å². The molecule has 0 bridgehead atoms. The molecular weight excluding hydrogens is 364 g/mol. The molecule has 0 saturated heterocycles. The first-order chi connectivity index (χ1) is 13.0. The number of halogens is 1. The average Bonchev–Trinajstić information content (AvgIpc) is 2.95. The average molecular weight is 383 g/mol. The summed E-state index contributed by atoms with van der Waals surface area (Å²) in [5.74, 6) is -0.286. The lowest BCUT2D eigenvalue weighted by Crippen LogP contribution is -2.32. The minimum absolute atomic E-state index is 0.286. The number of amides is 1. The van der Waals surface area contributed by atoms with Crippen molar-refractivity contribution in [2.75, 3.05) is 0 Å². The van der Waals surface area contributed by atoms with E-state index < -0.39 is 11.7 Å². The minimum atomic E-state index is -0.669. The van der Waals surface area contributed by atoms with Crippen molar-refractivity contribution < 1.29 is 9.32 Å². The molecule has 1 N–H and O–H groups in total. The minimum Gasteiger partial charge on any atom is -0.341 e. The van der Waals surface area contributed by atoms with E-state index in [1.807, 2.05) is 6.07 Å². The van der Waals surface area contributed by atoms with E-state index in [2.05, 4.69) is 11.9 Å². The molecule has 0 fully saturated rings. The number of carbonyl (C=O) groups is 1. The Morgan fingerprint density at radius 2 is 1.89 bits per heavy atom. The third kappa shape index (κ3) is 4.04. The molecule has 2 aromatic carbocycles. The Morgan fingerprint density at radius 3 is 2.52 bits per heavy atom. The first kappa shape index (κ1) is 18.7. The molecule has 0 aliphatic heterocycles. The lowest BCUT2D eigenvalue weighted by molar-refractivity contribution is 0.0942. The monoisotopic (exact) mass is 382 g/mol. The van der Waals surface area contributed by atoms with Gasteiger partial charge in [0.05, 0.1) is 23.8 Å². The van der Waals surface area contributed by atoms with Crippen LogP contribution >= 0.6 is 11.6 Å². The number of rotatable bonds is 6. The Balaban J connectivity index is 2.06. The van der Waals surface area contributed by atoms with Crippen LogP contribution in [0.4, 0.5) is 0 Å². The van der Waals surface area contributed by atoms with Gasteiger partial charge >= 0.3 is 5.63 Å². The number of benzene rings is 2. The van der Waals surface area contributed by atoms with Gasteiger partial charge in [0.1, 0.15) is 0 Å². The quantitative estimate of drug-likeness (QED) is 0.652. The first-order valence-electron chi connectivity index (χ1n) is 8.44. The molecule has 1 atom stereocenters. The standard InChI is InChI=1S/C21H19ClN2O3/c1-3-13-24-14(2)18(21(26)27-24)19(15-9-11-17(22)12-10-15)23-20(25)16-7-5-4-6-8-16/h3-12,19H,1,13H2,2H3,(H,23,25)/t19-/m1/s1. The second-order valence-corrected chi connectivity index (χ2v) is 6.49. The molecule has 138 valence electrons. The number of nitrogens with zero attached hydrogens (tertiary/aromatic N) is 1. The third-order valence-corrected chi connectivity index (χ3v) is 4.53. The number of carbonyl (C=O) groups excluding carboxylic acids is 1.